The maximum Gasteiger partial charge on any atom is 0.338 e. The van der Waals surface area contributed by atoms with Crippen LogP contribution in [-0.4, -0.2) is 21.0 Å². The highest BCUT2D eigenvalue weighted by Gasteiger charge is 2.15. The van der Waals surface area contributed by atoms with Gasteiger partial charge >= 0.3 is 5.97 Å². The molecule has 2 aromatic carbocycles. The normalized spacial score (nSPS) is 10.9. The number of hydrogen-bond acceptors (Lipinski definition) is 4. The quantitative estimate of drug-likeness (QED) is 0.681. The Hall–Kier alpha value is -3.54. The summed E-state index contributed by atoms with van der Waals surface area (Å²) in [5.74, 6) is -1.30. The summed E-state index contributed by atoms with van der Waals surface area (Å²) >= 11 is 0. The molecule has 0 amide bonds. The van der Waals surface area contributed by atoms with Gasteiger partial charge in [0, 0.05) is 11.6 Å². The molecular formula is C21H17FN2O3. The van der Waals surface area contributed by atoms with Gasteiger partial charge < -0.3 is 9.84 Å². The number of aryl methyl sites for hydroxylation is 1. The molecule has 1 N–H and O–H groups in total. The lowest BCUT2D eigenvalue weighted by Crippen LogP contribution is -2.02. The van der Waals surface area contributed by atoms with Crippen molar-refractivity contribution in [3.05, 3.63) is 77.2 Å². The van der Waals surface area contributed by atoms with Crippen LogP contribution >= 0.6 is 0 Å². The van der Waals surface area contributed by atoms with Crippen LogP contribution in [0.15, 0.2) is 54.6 Å². The largest absolute Gasteiger partial charge is 0.478 e. The molecule has 0 fully saturated rings. The Labute approximate surface area is 155 Å². The summed E-state index contributed by atoms with van der Waals surface area (Å²) in [6.07, 6.45) is 3.64. The molecule has 0 spiro atoms. The van der Waals surface area contributed by atoms with Gasteiger partial charge in [-0.25, -0.2) is 14.2 Å². The van der Waals surface area contributed by atoms with E-state index in [4.69, 9.17) is 9.84 Å². The highest BCUT2D eigenvalue weighted by Crippen LogP contribution is 2.30. The SMILES string of the molecule is CC=Cc1c(C)nc(-c2ccccc2)nc1Oc1ccc(C(=O)O)c(F)c1. The van der Waals surface area contributed by atoms with Crippen LogP contribution in [0.4, 0.5) is 4.39 Å². The van der Waals surface area contributed by atoms with Gasteiger partial charge in [0.15, 0.2) is 5.82 Å². The van der Waals surface area contributed by atoms with E-state index in [1.165, 1.54) is 6.07 Å². The zero-order valence-corrected chi connectivity index (χ0v) is 14.8. The summed E-state index contributed by atoms with van der Waals surface area (Å²) in [4.78, 5) is 20.0. The van der Waals surface area contributed by atoms with Crippen molar-refractivity contribution < 1.29 is 19.0 Å². The van der Waals surface area contributed by atoms with Gasteiger partial charge in [0.2, 0.25) is 5.88 Å². The van der Waals surface area contributed by atoms with Crippen LogP contribution in [0.25, 0.3) is 17.5 Å². The number of benzene rings is 2. The minimum absolute atomic E-state index is 0.153. The number of carboxylic acid groups (broad SMARTS) is 1. The fourth-order valence-electron chi connectivity index (χ4n) is 2.55. The predicted molar refractivity (Wildman–Crippen MR) is 100 cm³/mol. The lowest BCUT2D eigenvalue weighted by Gasteiger charge is -2.12. The molecule has 0 saturated carbocycles. The van der Waals surface area contributed by atoms with Gasteiger partial charge in [0.05, 0.1) is 16.8 Å². The monoisotopic (exact) mass is 364 g/mol. The molecule has 0 aliphatic heterocycles. The molecule has 0 bridgehead atoms. The van der Waals surface area contributed by atoms with Crippen LogP contribution in [0.3, 0.4) is 0 Å². The lowest BCUT2D eigenvalue weighted by molar-refractivity contribution is 0.0692. The average Bonchev–Trinajstić information content (AvgIpc) is 2.65. The summed E-state index contributed by atoms with van der Waals surface area (Å²) in [5.41, 5.74) is 1.78. The smallest absolute Gasteiger partial charge is 0.338 e. The van der Waals surface area contributed by atoms with Crippen LogP contribution in [0.5, 0.6) is 11.6 Å². The second-order valence-electron chi connectivity index (χ2n) is 5.77. The van der Waals surface area contributed by atoms with Gasteiger partial charge in [-0.1, -0.05) is 42.5 Å². The zero-order valence-electron chi connectivity index (χ0n) is 14.8. The standard InChI is InChI=1S/C21H17FN2O3/c1-3-7-16-13(2)23-19(14-8-5-4-6-9-14)24-20(16)27-15-10-11-17(21(25)26)18(22)12-15/h3-12H,1-2H3,(H,25,26). The van der Waals surface area contributed by atoms with Crippen molar-refractivity contribution in [1.82, 2.24) is 9.97 Å². The van der Waals surface area contributed by atoms with Gasteiger partial charge in [0.1, 0.15) is 11.6 Å². The van der Waals surface area contributed by atoms with E-state index in [0.717, 1.165) is 17.7 Å². The van der Waals surface area contributed by atoms with Crippen molar-refractivity contribution in [2.24, 2.45) is 0 Å². The first kappa shape index (κ1) is 18.3. The summed E-state index contributed by atoms with van der Waals surface area (Å²) in [6, 6.07) is 13.0. The van der Waals surface area contributed by atoms with E-state index in [1.807, 2.05) is 50.3 Å². The first-order valence-corrected chi connectivity index (χ1v) is 8.27. The Morgan fingerprint density at radius 3 is 2.52 bits per heavy atom. The van der Waals surface area contributed by atoms with E-state index in [1.54, 1.807) is 6.08 Å². The molecule has 0 radical (unpaired) electrons. The van der Waals surface area contributed by atoms with E-state index >= 15 is 0 Å². The number of rotatable bonds is 5. The van der Waals surface area contributed by atoms with Crippen molar-refractivity contribution in [3.63, 3.8) is 0 Å². The minimum atomic E-state index is -1.34. The predicted octanol–water partition coefficient (Wildman–Crippen LogP) is 5.11. The molecule has 0 atom stereocenters. The molecule has 0 aliphatic carbocycles. The Morgan fingerprint density at radius 2 is 1.89 bits per heavy atom. The van der Waals surface area contributed by atoms with Gasteiger partial charge in [-0.3, -0.25) is 0 Å². The summed E-state index contributed by atoms with van der Waals surface area (Å²) in [6.45, 7) is 3.69. The third-order valence-corrected chi connectivity index (χ3v) is 3.85. The summed E-state index contributed by atoms with van der Waals surface area (Å²) in [7, 11) is 0. The molecule has 1 aromatic heterocycles. The second-order valence-corrected chi connectivity index (χ2v) is 5.77. The number of ether oxygens (including phenoxy) is 1. The van der Waals surface area contributed by atoms with Gasteiger partial charge in [-0.05, 0) is 26.0 Å². The number of aromatic nitrogens is 2. The maximum atomic E-state index is 14.0. The van der Waals surface area contributed by atoms with Crippen LogP contribution < -0.4 is 4.74 Å². The molecule has 0 saturated heterocycles. The number of carbonyl (C=O) groups is 1. The van der Waals surface area contributed by atoms with Crippen LogP contribution in [0.2, 0.25) is 0 Å². The lowest BCUT2D eigenvalue weighted by atomic mass is 10.1. The van der Waals surface area contributed by atoms with Crippen molar-refractivity contribution in [1.29, 1.82) is 0 Å². The maximum absolute atomic E-state index is 14.0. The van der Waals surface area contributed by atoms with E-state index < -0.39 is 17.3 Å². The molecule has 3 aromatic rings. The molecule has 0 unspecified atom stereocenters. The van der Waals surface area contributed by atoms with E-state index in [0.29, 0.717) is 17.1 Å². The highest BCUT2D eigenvalue weighted by atomic mass is 19.1. The topological polar surface area (TPSA) is 72.3 Å². The molecular weight excluding hydrogens is 347 g/mol. The third-order valence-electron chi connectivity index (χ3n) is 3.85. The van der Waals surface area contributed by atoms with Crippen LogP contribution in [-0.2, 0) is 0 Å². The zero-order chi connectivity index (χ0) is 19.4. The Kier molecular flexibility index (Phi) is 5.26. The number of nitrogens with zero attached hydrogens (tertiary/aromatic N) is 2. The Morgan fingerprint density at radius 1 is 1.15 bits per heavy atom. The van der Waals surface area contributed by atoms with Gasteiger partial charge in [0.25, 0.3) is 0 Å². The van der Waals surface area contributed by atoms with E-state index in [2.05, 4.69) is 9.97 Å². The molecule has 5 nitrogen and oxygen atoms in total. The first-order chi connectivity index (χ1) is 13.0. The molecule has 1 heterocycles. The number of hydrogen-bond donors (Lipinski definition) is 1. The number of halogens is 1. The molecule has 0 aliphatic rings. The van der Waals surface area contributed by atoms with Crippen molar-refractivity contribution in [3.8, 4) is 23.0 Å². The molecule has 3 rings (SSSR count). The minimum Gasteiger partial charge on any atom is -0.478 e. The van der Waals surface area contributed by atoms with Crippen molar-refractivity contribution >= 4 is 12.0 Å². The van der Waals surface area contributed by atoms with Crippen molar-refractivity contribution in [2.75, 3.05) is 0 Å². The summed E-state index contributed by atoms with van der Waals surface area (Å²) in [5, 5.41) is 8.95. The Bertz CT molecular complexity index is 1020. The molecule has 6 heteroatoms. The van der Waals surface area contributed by atoms with Crippen LogP contribution in [0, 0.1) is 12.7 Å². The summed E-state index contributed by atoms with van der Waals surface area (Å²) < 4.78 is 19.8. The fourth-order valence-corrected chi connectivity index (χ4v) is 2.55. The van der Waals surface area contributed by atoms with Crippen LogP contribution in [0.1, 0.15) is 28.5 Å². The third kappa shape index (κ3) is 4.00. The number of allylic oxidation sites excluding steroid dienone is 1. The van der Waals surface area contributed by atoms with Gasteiger partial charge in [-0.15, -0.1) is 0 Å². The second kappa shape index (κ2) is 7.78. The first-order valence-electron chi connectivity index (χ1n) is 8.27. The Balaban J connectivity index is 2.06. The average molecular weight is 364 g/mol. The van der Waals surface area contributed by atoms with E-state index in [9.17, 15) is 9.18 Å². The van der Waals surface area contributed by atoms with E-state index in [-0.39, 0.29) is 11.6 Å². The highest BCUT2D eigenvalue weighted by molar-refractivity contribution is 5.88. The van der Waals surface area contributed by atoms with Gasteiger partial charge in [-0.2, -0.15) is 4.98 Å². The molecule has 136 valence electrons. The van der Waals surface area contributed by atoms with Crippen molar-refractivity contribution in [2.45, 2.75) is 13.8 Å². The number of carboxylic acids is 1. The fraction of sp³-hybridized carbons (Fsp3) is 0.0952. The molecule has 27 heavy (non-hydrogen) atoms. The number of aromatic carboxylic acids is 1.